The largest absolute Gasteiger partial charge is 0.465 e. The summed E-state index contributed by atoms with van der Waals surface area (Å²) >= 11 is 0. The van der Waals surface area contributed by atoms with Gasteiger partial charge in [-0.25, -0.2) is 17.6 Å². The van der Waals surface area contributed by atoms with Crippen molar-refractivity contribution in [2.75, 3.05) is 7.11 Å². The molecule has 0 N–H and O–H groups in total. The molecule has 1 aromatic carbocycles. The molecule has 0 aromatic heterocycles. The zero-order valence-corrected chi connectivity index (χ0v) is 11.1. The maximum atomic E-state index is 14.1. The van der Waals surface area contributed by atoms with Crippen molar-refractivity contribution in [2.24, 2.45) is 0 Å². The molecule has 0 aliphatic rings. The summed E-state index contributed by atoms with van der Waals surface area (Å²) in [6, 6.07) is 2.90. The van der Waals surface area contributed by atoms with Crippen molar-refractivity contribution in [3.8, 4) is 0 Å². The predicted molar refractivity (Wildman–Crippen MR) is 65.8 cm³/mol. The third-order valence-electron chi connectivity index (χ3n) is 2.55. The summed E-state index contributed by atoms with van der Waals surface area (Å²) in [5.41, 5.74) is 0.446. The van der Waals surface area contributed by atoms with Gasteiger partial charge >= 0.3 is 5.97 Å². The summed E-state index contributed by atoms with van der Waals surface area (Å²) in [5.74, 6) is -2.01. The van der Waals surface area contributed by atoms with Crippen LogP contribution in [0.5, 0.6) is 0 Å². The van der Waals surface area contributed by atoms with Crippen LogP contribution in [0.2, 0.25) is 0 Å². The number of thiol groups is 1. The normalized spacial score (nSPS) is 10.7. The second kappa shape index (κ2) is 6.49. The standard InChI is InChI=1S/C12H15FO4S/c1-3-4-8-5-6-9(12(14)17-2)11(13)10(8)7-18(15)16/h5-6,18H,3-4,7H2,1-2H3. The van der Waals surface area contributed by atoms with Crippen LogP contribution in [0.15, 0.2) is 12.1 Å². The monoisotopic (exact) mass is 274 g/mol. The Bertz CT molecular complexity index is 515. The number of benzene rings is 1. The van der Waals surface area contributed by atoms with E-state index >= 15 is 0 Å². The first kappa shape index (κ1) is 14.6. The highest BCUT2D eigenvalue weighted by atomic mass is 32.2. The number of hydrogen-bond donors (Lipinski definition) is 1. The van der Waals surface area contributed by atoms with Gasteiger partial charge < -0.3 is 4.74 Å². The number of carbonyl (C=O) groups is 1. The number of carbonyl (C=O) groups excluding carboxylic acids is 1. The average molecular weight is 274 g/mol. The van der Waals surface area contributed by atoms with Gasteiger partial charge in [0.05, 0.1) is 18.4 Å². The first-order valence-electron chi connectivity index (χ1n) is 5.51. The quantitative estimate of drug-likeness (QED) is 0.655. The number of aryl methyl sites for hydroxylation is 1. The van der Waals surface area contributed by atoms with E-state index in [1.807, 2.05) is 6.92 Å². The van der Waals surface area contributed by atoms with E-state index in [1.54, 1.807) is 6.07 Å². The average Bonchev–Trinajstić information content (AvgIpc) is 2.33. The van der Waals surface area contributed by atoms with Gasteiger partial charge in [-0.05, 0) is 18.1 Å². The van der Waals surface area contributed by atoms with Crippen molar-refractivity contribution in [2.45, 2.75) is 25.5 Å². The molecule has 0 saturated carbocycles. The minimum absolute atomic E-state index is 0.0656. The second-order valence-corrected chi connectivity index (χ2v) is 4.78. The number of esters is 1. The summed E-state index contributed by atoms with van der Waals surface area (Å²) in [7, 11) is -1.60. The molecular weight excluding hydrogens is 259 g/mol. The SMILES string of the molecule is CCCc1ccc(C(=O)OC)c(F)c1C[SH](=O)=O. The Morgan fingerprint density at radius 1 is 1.39 bits per heavy atom. The summed E-state index contributed by atoms with van der Waals surface area (Å²) in [5, 5.41) is 0. The van der Waals surface area contributed by atoms with Crippen molar-refractivity contribution in [3.63, 3.8) is 0 Å². The van der Waals surface area contributed by atoms with E-state index < -0.39 is 28.2 Å². The molecule has 0 aliphatic heterocycles. The molecule has 4 nitrogen and oxygen atoms in total. The lowest BCUT2D eigenvalue weighted by molar-refractivity contribution is 0.0595. The van der Waals surface area contributed by atoms with Gasteiger partial charge in [-0.2, -0.15) is 0 Å². The fourth-order valence-corrected chi connectivity index (χ4v) is 2.33. The number of methoxy groups -OCH3 is 1. The second-order valence-electron chi connectivity index (χ2n) is 3.80. The molecular formula is C12H15FO4S. The van der Waals surface area contributed by atoms with Crippen molar-refractivity contribution < 1.29 is 22.3 Å². The number of hydrogen-bond acceptors (Lipinski definition) is 4. The maximum Gasteiger partial charge on any atom is 0.340 e. The lowest BCUT2D eigenvalue weighted by atomic mass is 10.0. The molecule has 0 fully saturated rings. The Labute approximate surface area is 107 Å². The Morgan fingerprint density at radius 2 is 2.06 bits per heavy atom. The molecule has 0 amide bonds. The topological polar surface area (TPSA) is 60.4 Å². The van der Waals surface area contributed by atoms with E-state index in [0.717, 1.165) is 13.5 Å². The predicted octanol–water partition coefficient (Wildman–Crippen LogP) is 1.68. The lowest BCUT2D eigenvalue weighted by Crippen LogP contribution is -2.09. The molecule has 0 spiro atoms. The molecule has 1 rings (SSSR count). The molecule has 6 heteroatoms. The molecule has 0 heterocycles. The highest BCUT2D eigenvalue weighted by Gasteiger charge is 2.18. The number of rotatable bonds is 5. The van der Waals surface area contributed by atoms with E-state index in [1.165, 1.54) is 6.07 Å². The minimum Gasteiger partial charge on any atom is -0.465 e. The summed E-state index contributed by atoms with van der Waals surface area (Å²) < 4.78 is 40.1. The third-order valence-corrected chi connectivity index (χ3v) is 3.13. The van der Waals surface area contributed by atoms with Crippen LogP contribution < -0.4 is 0 Å². The molecule has 0 aliphatic carbocycles. The Kier molecular flexibility index (Phi) is 5.27. The van der Waals surface area contributed by atoms with Gasteiger partial charge in [0, 0.05) is 5.56 Å². The van der Waals surface area contributed by atoms with Gasteiger partial charge in [-0.3, -0.25) is 0 Å². The zero-order chi connectivity index (χ0) is 13.7. The van der Waals surface area contributed by atoms with E-state index in [4.69, 9.17) is 0 Å². The smallest absolute Gasteiger partial charge is 0.340 e. The molecule has 0 saturated heterocycles. The number of ether oxygens (including phenoxy) is 1. The van der Waals surface area contributed by atoms with Gasteiger partial charge in [-0.15, -0.1) is 0 Å². The molecule has 0 bridgehead atoms. The molecule has 0 atom stereocenters. The molecule has 18 heavy (non-hydrogen) atoms. The Hall–Kier alpha value is -1.43. The summed E-state index contributed by atoms with van der Waals surface area (Å²) in [4.78, 5) is 11.3. The van der Waals surface area contributed by atoms with Crippen LogP contribution in [0, 0.1) is 5.82 Å². The Balaban J connectivity index is 3.33. The van der Waals surface area contributed by atoms with Crippen molar-refractivity contribution in [3.05, 3.63) is 34.6 Å². The van der Waals surface area contributed by atoms with Crippen molar-refractivity contribution in [1.29, 1.82) is 0 Å². The van der Waals surface area contributed by atoms with Crippen LogP contribution in [0.1, 0.15) is 34.8 Å². The zero-order valence-electron chi connectivity index (χ0n) is 10.2. The first-order valence-corrected chi connectivity index (χ1v) is 6.87. The van der Waals surface area contributed by atoms with Crippen molar-refractivity contribution in [1.82, 2.24) is 0 Å². The van der Waals surface area contributed by atoms with Crippen LogP contribution in [0.3, 0.4) is 0 Å². The fourth-order valence-electron chi connectivity index (χ4n) is 1.73. The Morgan fingerprint density at radius 3 is 2.56 bits per heavy atom. The van der Waals surface area contributed by atoms with E-state index in [9.17, 15) is 17.6 Å². The van der Waals surface area contributed by atoms with Crippen LogP contribution in [0.4, 0.5) is 4.39 Å². The van der Waals surface area contributed by atoms with Gasteiger partial charge in [0.25, 0.3) is 0 Å². The highest BCUT2D eigenvalue weighted by Crippen LogP contribution is 2.21. The van der Waals surface area contributed by atoms with E-state index in [0.29, 0.717) is 12.0 Å². The van der Waals surface area contributed by atoms with Gasteiger partial charge in [0.1, 0.15) is 16.5 Å². The third kappa shape index (κ3) is 3.29. The molecule has 0 radical (unpaired) electrons. The maximum absolute atomic E-state index is 14.1. The van der Waals surface area contributed by atoms with Gasteiger partial charge in [0.15, 0.2) is 0 Å². The van der Waals surface area contributed by atoms with Gasteiger partial charge in [0.2, 0.25) is 0 Å². The minimum atomic E-state index is -2.75. The number of halogens is 1. The van der Waals surface area contributed by atoms with Crippen molar-refractivity contribution >= 4 is 16.7 Å². The lowest BCUT2D eigenvalue weighted by Gasteiger charge is -2.10. The van der Waals surface area contributed by atoms with Crippen LogP contribution >= 0.6 is 0 Å². The van der Waals surface area contributed by atoms with Crippen LogP contribution in [-0.4, -0.2) is 21.5 Å². The molecule has 0 unspecified atom stereocenters. The van der Waals surface area contributed by atoms with Gasteiger partial charge in [-0.1, -0.05) is 19.4 Å². The molecule has 100 valence electrons. The summed E-state index contributed by atoms with van der Waals surface area (Å²) in [6.45, 7) is 1.91. The highest BCUT2D eigenvalue weighted by molar-refractivity contribution is 7.71. The molecule has 1 aromatic rings. The van der Waals surface area contributed by atoms with E-state index in [-0.39, 0.29) is 11.1 Å². The fraction of sp³-hybridized carbons (Fsp3) is 0.417. The van der Waals surface area contributed by atoms with Crippen LogP contribution in [0.25, 0.3) is 0 Å². The first-order chi connectivity index (χ1) is 8.51. The van der Waals surface area contributed by atoms with E-state index in [2.05, 4.69) is 4.74 Å². The van der Waals surface area contributed by atoms with Crippen LogP contribution in [-0.2, 0) is 27.6 Å². The summed E-state index contributed by atoms with van der Waals surface area (Å²) in [6.07, 6.45) is 1.33.